The summed E-state index contributed by atoms with van der Waals surface area (Å²) >= 11 is 9.82. The highest BCUT2D eigenvalue weighted by Gasteiger charge is 2.33. The van der Waals surface area contributed by atoms with Gasteiger partial charge in [-0.3, -0.25) is 0 Å². The highest BCUT2D eigenvalue weighted by molar-refractivity contribution is 9.10. The van der Waals surface area contributed by atoms with Crippen molar-refractivity contribution in [2.45, 2.75) is 12.5 Å². The summed E-state index contributed by atoms with van der Waals surface area (Å²) in [5.74, 6) is 0.125. The average molecular weight is 558 g/mol. The van der Waals surface area contributed by atoms with E-state index in [0.29, 0.717) is 23.0 Å². The highest BCUT2D eigenvalue weighted by atomic mass is 79.9. The maximum Gasteiger partial charge on any atom is 0.247 e. The molecule has 0 bridgehead atoms. The molecule has 0 saturated heterocycles. The number of rotatable bonds is 4. The van der Waals surface area contributed by atoms with Crippen molar-refractivity contribution in [2.75, 3.05) is 5.01 Å². The number of hydrogen-bond acceptors (Lipinski definition) is 4. The number of aromatic nitrogens is 2. The van der Waals surface area contributed by atoms with Crippen LogP contribution in [-0.4, -0.2) is 15.7 Å². The number of halogens is 3. The molecule has 4 aromatic carbocycles. The second-order valence-electron chi connectivity index (χ2n) is 8.54. The first-order valence-electron chi connectivity index (χ1n) is 11.5. The van der Waals surface area contributed by atoms with Gasteiger partial charge in [-0.25, -0.2) is 19.4 Å². The van der Waals surface area contributed by atoms with Crippen molar-refractivity contribution in [1.82, 2.24) is 9.97 Å². The third kappa shape index (κ3) is 4.27. The summed E-state index contributed by atoms with van der Waals surface area (Å²) in [5, 5.41) is 8.13. The van der Waals surface area contributed by atoms with Gasteiger partial charge in [0.05, 0.1) is 23.0 Å². The van der Waals surface area contributed by atoms with Gasteiger partial charge in [0.15, 0.2) is 0 Å². The molecule has 2 heterocycles. The van der Waals surface area contributed by atoms with Gasteiger partial charge in [-0.15, -0.1) is 0 Å². The molecule has 6 rings (SSSR count). The summed E-state index contributed by atoms with van der Waals surface area (Å²) in [6, 6.07) is 29.8. The first-order chi connectivity index (χ1) is 17.6. The van der Waals surface area contributed by atoms with Crippen LogP contribution in [-0.2, 0) is 0 Å². The van der Waals surface area contributed by atoms with Crippen LogP contribution >= 0.6 is 27.5 Å². The van der Waals surface area contributed by atoms with Gasteiger partial charge in [-0.2, -0.15) is 5.10 Å². The smallest absolute Gasteiger partial charge is 0.223 e. The molecule has 0 N–H and O–H groups in total. The van der Waals surface area contributed by atoms with Crippen LogP contribution in [0.2, 0.25) is 5.02 Å². The van der Waals surface area contributed by atoms with E-state index in [2.05, 4.69) is 15.9 Å². The Morgan fingerprint density at radius 2 is 1.58 bits per heavy atom. The predicted octanol–water partition coefficient (Wildman–Crippen LogP) is 8.21. The van der Waals surface area contributed by atoms with Gasteiger partial charge in [-0.05, 0) is 42.0 Å². The van der Waals surface area contributed by atoms with Gasteiger partial charge in [0, 0.05) is 32.4 Å². The number of anilines is 1. The minimum Gasteiger partial charge on any atom is -0.223 e. The molecule has 1 aliphatic heterocycles. The van der Waals surface area contributed by atoms with Crippen molar-refractivity contribution in [2.24, 2.45) is 5.10 Å². The van der Waals surface area contributed by atoms with Crippen molar-refractivity contribution in [1.29, 1.82) is 0 Å². The molecule has 0 fully saturated rings. The monoisotopic (exact) mass is 556 g/mol. The van der Waals surface area contributed by atoms with E-state index >= 15 is 4.39 Å². The van der Waals surface area contributed by atoms with E-state index in [1.54, 1.807) is 17.1 Å². The normalized spacial score (nSPS) is 15.4. The molecule has 4 nitrogen and oxygen atoms in total. The Bertz CT molecular complexity index is 1610. The Morgan fingerprint density at radius 3 is 2.36 bits per heavy atom. The lowest BCUT2D eigenvalue weighted by Gasteiger charge is -2.23. The summed E-state index contributed by atoms with van der Waals surface area (Å²) in [6.07, 6.45) is 0.519. The van der Waals surface area contributed by atoms with Crippen molar-refractivity contribution in [3.8, 4) is 11.3 Å². The number of hydrazone groups is 1. The standard InChI is InChI=1S/C29H19BrClFN4/c30-20-12-10-18(11-13-20)26-17-27(22-8-4-5-9-24(22)32)36(35-26)29-33-25-15-14-21(31)16-23(25)28(34-29)19-6-2-1-3-7-19/h1-16,27H,17H2/t27-/m0/s1. The summed E-state index contributed by atoms with van der Waals surface area (Å²) in [7, 11) is 0. The van der Waals surface area contributed by atoms with E-state index in [1.165, 1.54) is 6.07 Å². The van der Waals surface area contributed by atoms with Crippen LogP contribution < -0.4 is 5.01 Å². The summed E-state index contributed by atoms with van der Waals surface area (Å²) < 4.78 is 16.0. The molecule has 176 valence electrons. The van der Waals surface area contributed by atoms with E-state index < -0.39 is 6.04 Å². The van der Waals surface area contributed by atoms with Crippen molar-refractivity contribution >= 4 is 50.1 Å². The molecule has 36 heavy (non-hydrogen) atoms. The molecule has 1 aromatic heterocycles. The SMILES string of the molecule is Fc1ccccc1[C@@H]1CC(c2ccc(Br)cc2)=NN1c1nc(-c2ccccc2)c2cc(Cl)ccc2n1. The molecule has 0 amide bonds. The third-order valence-corrected chi connectivity index (χ3v) is 7.01. The Morgan fingerprint density at radius 1 is 0.833 bits per heavy atom. The van der Waals surface area contributed by atoms with Gasteiger partial charge >= 0.3 is 0 Å². The molecular weight excluding hydrogens is 539 g/mol. The first kappa shape index (κ1) is 22.8. The minimum atomic E-state index is -0.391. The predicted molar refractivity (Wildman–Crippen MR) is 147 cm³/mol. The molecule has 0 saturated carbocycles. The van der Waals surface area contributed by atoms with Crippen LogP contribution in [0.3, 0.4) is 0 Å². The zero-order valence-electron chi connectivity index (χ0n) is 18.9. The van der Waals surface area contributed by atoms with Crippen LogP contribution in [0.5, 0.6) is 0 Å². The zero-order valence-corrected chi connectivity index (χ0v) is 21.3. The van der Waals surface area contributed by atoms with Crippen LogP contribution in [0.25, 0.3) is 22.2 Å². The van der Waals surface area contributed by atoms with Gasteiger partial charge in [0.25, 0.3) is 0 Å². The Labute approximate surface area is 221 Å². The lowest BCUT2D eigenvalue weighted by atomic mass is 9.98. The van der Waals surface area contributed by atoms with Crippen molar-refractivity contribution < 1.29 is 4.39 Å². The Kier molecular flexibility index (Phi) is 5.99. The number of nitrogens with zero attached hydrogens (tertiary/aromatic N) is 4. The maximum absolute atomic E-state index is 15.0. The second-order valence-corrected chi connectivity index (χ2v) is 9.89. The molecule has 1 aliphatic rings. The molecule has 7 heteroatoms. The minimum absolute atomic E-state index is 0.282. The van der Waals surface area contributed by atoms with Crippen LogP contribution in [0, 0.1) is 5.82 Å². The van der Waals surface area contributed by atoms with Crippen LogP contribution in [0.4, 0.5) is 10.3 Å². The van der Waals surface area contributed by atoms with E-state index in [1.807, 2.05) is 78.9 Å². The second kappa shape index (κ2) is 9.45. The summed E-state index contributed by atoms with van der Waals surface area (Å²) in [4.78, 5) is 9.81. The van der Waals surface area contributed by atoms with Gasteiger partial charge in [-0.1, -0.05) is 88.2 Å². The van der Waals surface area contributed by atoms with Crippen molar-refractivity contribution in [3.63, 3.8) is 0 Å². The molecule has 0 spiro atoms. The average Bonchev–Trinajstić information content (AvgIpc) is 3.34. The van der Waals surface area contributed by atoms with Gasteiger partial charge in [0.2, 0.25) is 5.95 Å². The third-order valence-electron chi connectivity index (χ3n) is 6.25. The lowest BCUT2D eigenvalue weighted by Crippen LogP contribution is -2.22. The van der Waals surface area contributed by atoms with E-state index in [9.17, 15) is 0 Å². The van der Waals surface area contributed by atoms with E-state index in [0.717, 1.165) is 37.9 Å². The summed E-state index contributed by atoms with van der Waals surface area (Å²) in [5.41, 5.74) is 4.79. The van der Waals surface area contributed by atoms with E-state index in [-0.39, 0.29) is 5.82 Å². The maximum atomic E-state index is 15.0. The van der Waals surface area contributed by atoms with Crippen LogP contribution in [0.15, 0.2) is 107 Å². The fourth-order valence-electron chi connectivity index (χ4n) is 4.51. The highest BCUT2D eigenvalue weighted by Crippen LogP contribution is 2.38. The molecule has 0 radical (unpaired) electrons. The molecular formula is C29H19BrClFN4. The Balaban J connectivity index is 1.55. The molecule has 1 atom stereocenters. The topological polar surface area (TPSA) is 41.4 Å². The van der Waals surface area contributed by atoms with E-state index in [4.69, 9.17) is 26.7 Å². The van der Waals surface area contributed by atoms with Crippen LogP contribution in [0.1, 0.15) is 23.6 Å². The lowest BCUT2D eigenvalue weighted by molar-refractivity contribution is 0.576. The van der Waals surface area contributed by atoms with Gasteiger partial charge < -0.3 is 0 Å². The fraction of sp³-hybridized carbons (Fsp3) is 0.0690. The largest absolute Gasteiger partial charge is 0.247 e. The number of hydrogen-bond donors (Lipinski definition) is 0. The number of fused-ring (bicyclic) bond motifs is 1. The number of benzene rings is 4. The molecule has 0 aliphatic carbocycles. The first-order valence-corrected chi connectivity index (χ1v) is 12.6. The zero-order chi connectivity index (χ0) is 24.6. The summed E-state index contributed by atoms with van der Waals surface area (Å²) in [6.45, 7) is 0. The Hall–Kier alpha value is -3.61. The fourth-order valence-corrected chi connectivity index (χ4v) is 4.94. The molecule has 5 aromatic rings. The molecule has 0 unspecified atom stereocenters. The quantitative estimate of drug-likeness (QED) is 0.224. The van der Waals surface area contributed by atoms with Crippen molar-refractivity contribution in [3.05, 3.63) is 124 Å². The van der Waals surface area contributed by atoms with Gasteiger partial charge in [0.1, 0.15) is 5.82 Å².